The average molecular weight is 341 g/mol. The number of hydrogen-bond acceptors (Lipinski definition) is 2. The first-order valence-electron chi connectivity index (χ1n) is 9.46. The molecular formula is C20H27N3O2. The standard InChI is InChI=1S/C20H27N3O2/c1-2-3-4-5-6-7-8-11-14-23-16-13-10-9-12-15(16)18-17(20(23)25)19(24)22-21-18/h9-10,12-13H,2-8,11,14H2,1H3,(H2,21,22,24). The van der Waals surface area contributed by atoms with E-state index in [-0.39, 0.29) is 16.5 Å². The quantitative estimate of drug-likeness (QED) is 0.569. The fraction of sp³-hybridized carbons (Fsp3) is 0.500. The number of aryl methyl sites for hydroxylation is 1. The molecule has 2 heterocycles. The number of benzene rings is 1. The molecule has 0 saturated heterocycles. The molecule has 0 aliphatic carbocycles. The number of para-hydroxylation sites is 1. The minimum atomic E-state index is -0.338. The summed E-state index contributed by atoms with van der Waals surface area (Å²) in [6.45, 7) is 2.89. The lowest BCUT2D eigenvalue weighted by Crippen LogP contribution is -2.24. The molecule has 1 aromatic carbocycles. The van der Waals surface area contributed by atoms with Crippen molar-refractivity contribution in [2.24, 2.45) is 0 Å². The number of hydrogen-bond donors (Lipinski definition) is 2. The maximum absolute atomic E-state index is 12.8. The first kappa shape index (κ1) is 17.5. The number of rotatable bonds is 9. The Kier molecular flexibility index (Phi) is 5.74. The van der Waals surface area contributed by atoms with Gasteiger partial charge in [-0.2, -0.15) is 0 Å². The van der Waals surface area contributed by atoms with Crippen molar-refractivity contribution in [1.82, 2.24) is 14.8 Å². The molecular weight excluding hydrogens is 314 g/mol. The van der Waals surface area contributed by atoms with Gasteiger partial charge in [-0.25, -0.2) is 0 Å². The molecule has 0 aliphatic heterocycles. The van der Waals surface area contributed by atoms with Crippen LogP contribution in [0.25, 0.3) is 21.8 Å². The number of nitrogens with one attached hydrogen (secondary N) is 2. The van der Waals surface area contributed by atoms with Crippen molar-refractivity contribution in [3.05, 3.63) is 45.0 Å². The van der Waals surface area contributed by atoms with Crippen LogP contribution >= 0.6 is 0 Å². The lowest BCUT2D eigenvalue weighted by atomic mass is 10.1. The number of H-pyrrole nitrogens is 2. The third kappa shape index (κ3) is 3.70. The Morgan fingerprint density at radius 1 is 0.880 bits per heavy atom. The minimum absolute atomic E-state index is 0.195. The highest BCUT2D eigenvalue weighted by atomic mass is 16.1. The van der Waals surface area contributed by atoms with Crippen LogP contribution in [-0.2, 0) is 6.54 Å². The molecule has 0 aliphatic rings. The molecule has 25 heavy (non-hydrogen) atoms. The normalized spacial score (nSPS) is 11.6. The van der Waals surface area contributed by atoms with Gasteiger partial charge in [0.1, 0.15) is 5.39 Å². The van der Waals surface area contributed by atoms with Gasteiger partial charge in [0, 0.05) is 11.9 Å². The van der Waals surface area contributed by atoms with Crippen molar-refractivity contribution in [3.8, 4) is 0 Å². The highest BCUT2D eigenvalue weighted by Crippen LogP contribution is 2.19. The van der Waals surface area contributed by atoms with Gasteiger partial charge in [0.25, 0.3) is 11.1 Å². The molecule has 3 aromatic rings. The lowest BCUT2D eigenvalue weighted by Gasteiger charge is -2.11. The van der Waals surface area contributed by atoms with Gasteiger partial charge >= 0.3 is 0 Å². The first-order chi connectivity index (χ1) is 12.2. The van der Waals surface area contributed by atoms with Crippen molar-refractivity contribution < 1.29 is 0 Å². The van der Waals surface area contributed by atoms with Gasteiger partial charge in [-0.3, -0.25) is 19.8 Å². The molecule has 0 saturated carbocycles. The molecule has 134 valence electrons. The van der Waals surface area contributed by atoms with Crippen LogP contribution in [0.2, 0.25) is 0 Å². The summed E-state index contributed by atoms with van der Waals surface area (Å²) in [5.74, 6) is 0. The summed E-state index contributed by atoms with van der Waals surface area (Å²) in [6.07, 6.45) is 9.80. The third-order valence-corrected chi connectivity index (χ3v) is 4.94. The summed E-state index contributed by atoms with van der Waals surface area (Å²) in [4.78, 5) is 24.8. The number of fused-ring (bicyclic) bond motifs is 3. The molecule has 0 amide bonds. The Labute approximate surface area is 147 Å². The summed E-state index contributed by atoms with van der Waals surface area (Å²) < 4.78 is 1.76. The largest absolute Gasteiger partial charge is 0.307 e. The topological polar surface area (TPSA) is 70.7 Å². The van der Waals surface area contributed by atoms with Gasteiger partial charge in [-0.15, -0.1) is 0 Å². The number of unbranched alkanes of at least 4 members (excludes halogenated alkanes) is 7. The molecule has 5 nitrogen and oxygen atoms in total. The number of aromatic amines is 2. The van der Waals surface area contributed by atoms with Crippen molar-refractivity contribution in [2.45, 2.75) is 64.8 Å². The third-order valence-electron chi connectivity index (χ3n) is 4.94. The summed E-state index contributed by atoms with van der Waals surface area (Å²) >= 11 is 0. The van der Waals surface area contributed by atoms with Crippen LogP contribution in [0, 0.1) is 0 Å². The maximum Gasteiger partial charge on any atom is 0.277 e. The van der Waals surface area contributed by atoms with Gasteiger partial charge in [0.2, 0.25) is 0 Å². The molecule has 2 aromatic heterocycles. The van der Waals surface area contributed by atoms with E-state index in [9.17, 15) is 9.59 Å². The van der Waals surface area contributed by atoms with Crippen molar-refractivity contribution in [3.63, 3.8) is 0 Å². The smallest absolute Gasteiger partial charge is 0.277 e. The van der Waals surface area contributed by atoms with E-state index in [4.69, 9.17) is 0 Å². The second kappa shape index (κ2) is 8.19. The molecule has 2 N–H and O–H groups in total. The lowest BCUT2D eigenvalue weighted by molar-refractivity contribution is 0.545. The summed E-state index contributed by atoms with van der Waals surface area (Å²) in [5, 5.41) is 6.54. The van der Waals surface area contributed by atoms with Crippen LogP contribution in [0.3, 0.4) is 0 Å². The zero-order valence-corrected chi connectivity index (χ0v) is 14.9. The molecule has 0 fully saturated rings. The van der Waals surface area contributed by atoms with E-state index in [1.165, 1.54) is 38.5 Å². The van der Waals surface area contributed by atoms with Gasteiger partial charge < -0.3 is 4.57 Å². The molecule has 5 heteroatoms. The van der Waals surface area contributed by atoms with E-state index in [2.05, 4.69) is 17.1 Å². The molecule has 0 atom stereocenters. The number of aromatic nitrogens is 3. The fourth-order valence-corrected chi connectivity index (χ4v) is 3.55. The second-order valence-corrected chi connectivity index (χ2v) is 6.78. The monoisotopic (exact) mass is 341 g/mol. The Balaban J connectivity index is 1.74. The van der Waals surface area contributed by atoms with E-state index in [0.717, 1.165) is 23.7 Å². The van der Waals surface area contributed by atoms with Crippen LogP contribution in [-0.4, -0.2) is 14.8 Å². The first-order valence-corrected chi connectivity index (χ1v) is 9.46. The van der Waals surface area contributed by atoms with Gasteiger partial charge in [0.05, 0.1) is 11.0 Å². The Hall–Kier alpha value is -2.30. The predicted octanol–water partition coefficient (Wildman–Crippen LogP) is 4.31. The van der Waals surface area contributed by atoms with Crippen molar-refractivity contribution in [1.29, 1.82) is 0 Å². The van der Waals surface area contributed by atoms with Crippen LogP contribution in [0.5, 0.6) is 0 Å². The molecule has 0 bridgehead atoms. The number of nitrogens with zero attached hydrogens (tertiary/aromatic N) is 1. The second-order valence-electron chi connectivity index (χ2n) is 6.78. The van der Waals surface area contributed by atoms with Gasteiger partial charge in [-0.1, -0.05) is 70.1 Å². The van der Waals surface area contributed by atoms with Crippen LogP contribution in [0.15, 0.2) is 33.9 Å². The molecule has 3 rings (SSSR count). The molecule has 0 unspecified atom stereocenters. The SMILES string of the molecule is CCCCCCCCCCn1c(=O)c2c(=O)[nH][nH]c2c2ccccc21. The predicted molar refractivity (Wildman–Crippen MR) is 103 cm³/mol. The van der Waals surface area contributed by atoms with E-state index in [1.807, 2.05) is 24.3 Å². The van der Waals surface area contributed by atoms with E-state index in [1.54, 1.807) is 4.57 Å². The Bertz CT molecular complexity index is 949. The van der Waals surface area contributed by atoms with Gasteiger partial charge in [0.15, 0.2) is 0 Å². The Morgan fingerprint density at radius 2 is 1.56 bits per heavy atom. The van der Waals surface area contributed by atoms with Gasteiger partial charge in [-0.05, 0) is 12.5 Å². The van der Waals surface area contributed by atoms with E-state index >= 15 is 0 Å². The van der Waals surface area contributed by atoms with Crippen molar-refractivity contribution >= 4 is 21.8 Å². The molecule has 0 spiro atoms. The number of pyridine rings is 1. The van der Waals surface area contributed by atoms with Crippen LogP contribution in [0.4, 0.5) is 0 Å². The molecule has 0 radical (unpaired) electrons. The summed E-state index contributed by atoms with van der Waals surface area (Å²) in [5.41, 5.74) is 0.963. The highest BCUT2D eigenvalue weighted by Gasteiger charge is 2.14. The summed E-state index contributed by atoms with van der Waals surface area (Å²) in [6, 6.07) is 7.76. The zero-order chi connectivity index (χ0) is 17.6. The van der Waals surface area contributed by atoms with E-state index < -0.39 is 0 Å². The maximum atomic E-state index is 12.8. The fourth-order valence-electron chi connectivity index (χ4n) is 3.55. The van der Waals surface area contributed by atoms with Crippen LogP contribution in [0.1, 0.15) is 58.3 Å². The van der Waals surface area contributed by atoms with Crippen molar-refractivity contribution in [2.75, 3.05) is 0 Å². The van der Waals surface area contributed by atoms with Crippen LogP contribution < -0.4 is 11.1 Å². The summed E-state index contributed by atoms with van der Waals surface area (Å²) in [7, 11) is 0. The average Bonchev–Trinajstić information content (AvgIpc) is 3.02. The van der Waals surface area contributed by atoms with E-state index in [0.29, 0.717) is 12.1 Å². The zero-order valence-electron chi connectivity index (χ0n) is 14.9. The Morgan fingerprint density at radius 3 is 2.32 bits per heavy atom. The minimum Gasteiger partial charge on any atom is -0.307 e. The highest BCUT2D eigenvalue weighted by molar-refractivity contribution is 6.02.